The van der Waals surface area contributed by atoms with Crippen molar-refractivity contribution in [3.63, 3.8) is 0 Å². The van der Waals surface area contributed by atoms with E-state index in [9.17, 15) is 4.79 Å². The van der Waals surface area contributed by atoms with E-state index in [-0.39, 0.29) is 11.7 Å². The van der Waals surface area contributed by atoms with Gasteiger partial charge in [0, 0.05) is 24.3 Å². The number of methoxy groups -OCH3 is 1. The molecule has 1 aliphatic heterocycles. The molecule has 168 valence electrons. The Morgan fingerprint density at radius 2 is 2.12 bits per heavy atom. The van der Waals surface area contributed by atoms with Crippen LogP contribution < -0.4 is 10.4 Å². The molecular formula is C24H30N6O2. The van der Waals surface area contributed by atoms with Gasteiger partial charge < -0.3 is 9.72 Å². The number of aromatic nitrogens is 5. The van der Waals surface area contributed by atoms with Crippen molar-refractivity contribution in [1.29, 1.82) is 0 Å². The summed E-state index contributed by atoms with van der Waals surface area (Å²) in [5.74, 6) is 0.671. The van der Waals surface area contributed by atoms with Crippen LogP contribution in [0.3, 0.4) is 0 Å². The lowest BCUT2D eigenvalue weighted by molar-refractivity contribution is 0.143. The van der Waals surface area contributed by atoms with Gasteiger partial charge in [0.25, 0.3) is 0 Å². The summed E-state index contributed by atoms with van der Waals surface area (Å²) in [7, 11) is 1.64. The molecule has 5 rings (SSSR count). The standard InChI is InChI=1S/C24H30N6O2/c1-5-16-9-21-20(27-24(31)30(21)18-7-6-8-28(13-18)15(2)3)11-19(16)17-10-22(32-4)23-25-14-26-29(23)12-17/h9-12,14-15,18H,5-8,13H2,1-4H3,(H,27,31). The largest absolute Gasteiger partial charge is 0.493 e. The molecule has 0 amide bonds. The molecule has 4 heterocycles. The Hall–Kier alpha value is -3.13. The predicted octanol–water partition coefficient (Wildman–Crippen LogP) is 3.66. The van der Waals surface area contributed by atoms with Gasteiger partial charge in [-0.1, -0.05) is 6.92 Å². The lowest BCUT2D eigenvalue weighted by Crippen LogP contribution is -2.42. The van der Waals surface area contributed by atoms with Crippen LogP contribution in [0.2, 0.25) is 0 Å². The monoisotopic (exact) mass is 434 g/mol. The Morgan fingerprint density at radius 3 is 2.88 bits per heavy atom. The molecule has 1 saturated heterocycles. The van der Waals surface area contributed by atoms with Crippen molar-refractivity contribution in [3.8, 4) is 16.9 Å². The van der Waals surface area contributed by atoms with E-state index in [4.69, 9.17) is 4.74 Å². The molecule has 0 saturated carbocycles. The molecule has 1 fully saturated rings. The molecule has 0 spiro atoms. The van der Waals surface area contributed by atoms with Crippen LogP contribution in [0.25, 0.3) is 27.8 Å². The van der Waals surface area contributed by atoms with Gasteiger partial charge in [0.05, 0.1) is 24.2 Å². The second-order valence-corrected chi connectivity index (χ2v) is 8.89. The topological polar surface area (TPSA) is 80.5 Å². The summed E-state index contributed by atoms with van der Waals surface area (Å²) in [5.41, 5.74) is 5.73. The molecule has 0 bridgehead atoms. The average molecular weight is 435 g/mol. The molecule has 4 aromatic rings. The molecule has 1 unspecified atom stereocenters. The second-order valence-electron chi connectivity index (χ2n) is 8.89. The second kappa shape index (κ2) is 8.09. The van der Waals surface area contributed by atoms with Gasteiger partial charge >= 0.3 is 5.69 Å². The summed E-state index contributed by atoms with van der Waals surface area (Å²) in [5, 5.41) is 4.29. The van der Waals surface area contributed by atoms with Crippen molar-refractivity contribution in [2.75, 3.05) is 20.2 Å². The molecular weight excluding hydrogens is 404 g/mol. The summed E-state index contributed by atoms with van der Waals surface area (Å²) in [6.45, 7) is 8.60. The fraction of sp³-hybridized carbons (Fsp3) is 0.458. The van der Waals surface area contributed by atoms with Crippen LogP contribution in [0.1, 0.15) is 45.2 Å². The van der Waals surface area contributed by atoms with E-state index < -0.39 is 0 Å². The average Bonchev–Trinajstić information content (AvgIpc) is 3.40. The summed E-state index contributed by atoms with van der Waals surface area (Å²) >= 11 is 0. The van der Waals surface area contributed by atoms with Crippen molar-refractivity contribution in [2.45, 2.75) is 52.1 Å². The molecule has 8 heteroatoms. The molecule has 1 aliphatic rings. The Balaban J connectivity index is 1.64. The first kappa shape index (κ1) is 20.8. The number of H-pyrrole nitrogens is 1. The highest BCUT2D eigenvalue weighted by atomic mass is 16.5. The van der Waals surface area contributed by atoms with E-state index in [1.807, 2.05) is 16.8 Å². The zero-order chi connectivity index (χ0) is 22.4. The van der Waals surface area contributed by atoms with Crippen molar-refractivity contribution >= 4 is 16.7 Å². The molecule has 0 aliphatic carbocycles. The van der Waals surface area contributed by atoms with Crippen molar-refractivity contribution < 1.29 is 4.74 Å². The fourth-order valence-corrected chi connectivity index (χ4v) is 5.00. The first-order chi connectivity index (χ1) is 15.5. The third kappa shape index (κ3) is 3.39. The Bertz CT molecular complexity index is 1330. The number of aryl methyl sites for hydroxylation is 1. The van der Waals surface area contributed by atoms with Crippen molar-refractivity contribution in [3.05, 3.63) is 46.8 Å². The van der Waals surface area contributed by atoms with Gasteiger partial charge in [-0.05, 0) is 69.0 Å². The number of hydrogen-bond acceptors (Lipinski definition) is 5. The van der Waals surface area contributed by atoms with Gasteiger partial charge in [-0.3, -0.25) is 9.47 Å². The predicted molar refractivity (Wildman–Crippen MR) is 125 cm³/mol. The van der Waals surface area contributed by atoms with Crippen LogP contribution in [-0.4, -0.2) is 55.3 Å². The number of nitrogens with one attached hydrogen (secondary N) is 1. The molecule has 1 atom stereocenters. The summed E-state index contributed by atoms with van der Waals surface area (Å²) in [6.07, 6.45) is 6.47. The maximum absolute atomic E-state index is 13.0. The van der Waals surface area contributed by atoms with Gasteiger partial charge in [-0.2, -0.15) is 5.10 Å². The minimum Gasteiger partial charge on any atom is -0.493 e. The Labute approximate surface area is 186 Å². The van der Waals surface area contributed by atoms with E-state index in [1.54, 1.807) is 11.6 Å². The molecule has 32 heavy (non-hydrogen) atoms. The number of piperidine rings is 1. The molecule has 0 radical (unpaired) electrons. The minimum atomic E-state index is -0.0286. The number of ether oxygens (including phenoxy) is 1. The number of benzene rings is 1. The number of nitrogens with zero attached hydrogens (tertiary/aromatic N) is 5. The maximum Gasteiger partial charge on any atom is 0.326 e. The van der Waals surface area contributed by atoms with Crippen LogP contribution in [0.5, 0.6) is 5.75 Å². The molecule has 1 N–H and O–H groups in total. The number of likely N-dealkylation sites (tertiary alicyclic amines) is 1. The van der Waals surface area contributed by atoms with Crippen LogP contribution in [0.4, 0.5) is 0 Å². The lowest BCUT2D eigenvalue weighted by atomic mass is 9.97. The van der Waals surface area contributed by atoms with Gasteiger partial charge in [-0.15, -0.1) is 0 Å². The minimum absolute atomic E-state index is 0.0286. The maximum atomic E-state index is 13.0. The number of rotatable bonds is 5. The fourth-order valence-electron chi connectivity index (χ4n) is 5.00. The first-order valence-corrected chi connectivity index (χ1v) is 11.4. The number of imidazole rings is 1. The zero-order valence-corrected chi connectivity index (χ0v) is 19.1. The molecule has 8 nitrogen and oxygen atoms in total. The number of hydrogen-bond donors (Lipinski definition) is 1. The highest BCUT2D eigenvalue weighted by Gasteiger charge is 2.26. The van der Waals surface area contributed by atoms with Gasteiger partial charge in [-0.25, -0.2) is 14.3 Å². The molecule has 3 aromatic heterocycles. The first-order valence-electron chi connectivity index (χ1n) is 11.4. The van der Waals surface area contributed by atoms with Crippen LogP contribution in [-0.2, 0) is 6.42 Å². The van der Waals surface area contributed by atoms with E-state index in [1.165, 1.54) is 11.9 Å². The number of aromatic amines is 1. The van der Waals surface area contributed by atoms with E-state index in [0.29, 0.717) is 17.4 Å². The van der Waals surface area contributed by atoms with Gasteiger partial charge in [0.2, 0.25) is 0 Å². The SMILES string of the molecule is CCc1cc2c(cc1-c1cc(OC)c3ncnn3c1)[nH]c(=O)n2C1CCCN(C(C)C)C1. The highest BCUT2D eigenvalue weighted by Crippen LogP contribution is 2.33. The summed E-state index contributed by atoms with van der Waals surface area (Å²) in [6, 6.07) is 6.93. The third-order valence-corrected chi connectivity index (χ3v) is 6.72. The van der Waals surface area contributed by atoms with Crippen LogP contribution in [0.15, 0.2) is 35.5 Å². The number of fused-ring (bicyclic) bond motifs is 2. The normalized spacial score (nSPS) is 17.6. The highest BCUT2D eigenvalue weighted by molar-refractivity contribution is 5.85. The third-order valence-electron chi connectivity index (χ3n) is 6.72. The van der Waals surface area contributed by atoms with Gasteiger partial charge in [0.15, 0.2) is 11.4 Å². The van der Waals surface area contributed by atoms with Crippen LogP contribution >= 0.6 is 0 Å². The van der Waals surface area contributed by atoms with Crippen LogP contribution in [0, 0.1) is 0 Å². The van der Waals surface area contributed by atoms with E-state index in [0.717, 1.165) is 54.5 Å². The molecule has 1 aromatic carbocycles. The summed E-state index contributed by atoms with van der Waals surface area (Å²) < 4.78 is 9.26. The van der Waals surface area contributed by atoms with Crippen molar-refractivity contribution in [1.82, 2.24) is 29.0 Å². The lowest BCUT2D eigenvalue weighted by Gasteiger charge is -2.35. The zero-order valence-electron chi connectivity index (χ0n) is 19.1. The van der Waals surface area contributed by atoms with Crippen molar-refractivity contribution in [2.24, 2.45) is 0 Å². The Kier molecular flexibility index (Phi) is 5.25. The summed E-state index contributed by atoms with van der Waals surface area (Å²) in [4.78, 5) is 22.9. The smallest absolute Gasteiger partial charge is 0.326 e. The van der Waals surface area contributed by atoms with E-state index >= 15 is 0 Å². The quantitative estimate of drug-likeness (QED) is 0.519. The van der Waals surface area contributed by atoms with E-state index in [2.05, 4.69) is 52.9 Å². The number of pyridine rings is 1. The Morgan fingerprint density at radius 1 is 1.28 bits per heavy atom. The van der Waals surface area contributed by atoms with Gasteiger partial charge in [0.1, 0.15) is 6.33 Å².